The molecule has 112 valence electrons. The third kappa shape index (κ3) is 2.69. The Morgan fingerprint density at radius 2 is 2.10 bits per heavy atom. The van der Waals surface area contributed by atoms with Gasteiger partial charge in [-0.25, -0.2) is 4.39 Å². The fraction of sp³-hybridized carbons (Fsp3) is 0.500. The minimum atomic E-state index is -0.562. The zero-order valence-corrected chi connectivity index (χ0v) is 12.4. The minimum absolute atomic E-state index is 0.000143. The topological polar surface area (TPSA) is 37.4 Å². The predicted octanol–water partition coefficient (Wildman–Crippen LogP) is 3.45. The van der Waals surface area contributed by atoms with Crippen molar-refractivity contribution in [1.82, 2.24) is 4.90 Å². The smallest absolute Gasteiger partial charge is 0.257 e. The zero-order valence-electron chi connectivity index (χ0n) is 11.6. The molecule has 0 bridgehead atoms. The van der Waals surface area contributed by atoms with Crippen LogP contribution in [0.5, 0.6) is 0 Å². The lowest BCUT2D eigenvalue weighted by Crippen LogP contribution is -2.41. The number of benzene rings is 1. The Balaban J connectivity index is 1.86. The molecule has 2 aliphatic rings. The molecular weight excluding hydrogens is 293 g/mol. The first kappa shape index (κ1) is 14.5. The maximum Gasteiger partial charge on any atom is 0.257 e. The molecule has 21 heavy (non-hydrogen) atoms. The predicted molar refractivity (Wildman–Crippen MR) is 77.8 cm³/mol. The standard InChI is InChI=1S/C16H17ClFNO2/c17-10-6-7-13(18)12(9-10)16(21)19-8-2-4-14(19)11-3-1-5-15(11)20/h6-7,9,11,14H,1-5,8H2. The molecular formula is C16H17ClFNO2. The van der Waals surface area contributed by atoms with Gasteiger partial charge in [-0.1, -0.05) is 11.6 Å². The Hall–Kier alpha value is -1.42. The van der Waals surface area contributed by atoms with Gasteiger partial charge in [0.1, 0.15) is 11.6 Å². The molecule has 0 aromatic heterocycles. The van der Waals surface area contributed by atoms with Crippen LogP contribution in [0.15, 0.2) is 18.2 Å². The third-order valence-electron chi connectivity index (χ3n) is 4.54. The van der Waals surface area contributed by atoms with Crippen LogP contribution in [0, 0.1) is 11.7 Å². The Morgan fingerprint density at radius 1 is 1.29 bits per heavy atom. The van der Waals surface area contributed by atoms with E-state index in [1.165, 1.54) is 18.2 Å². The van der Waals surface area contributed by atoms with Gasteiger partial charge in [-0.3, -0.25) is 9.59 Å². The molecule has 2 unspecified atom stereocenters. The maximum atomic E-state index is 13.9. The van der Waals surface area contributed by atoms with Gasteiger partial charge in [0.15, 0.2) is 0 Å². The molecule has 0 radical (unpaired) electrons. The second kappa shape index (κ2) is 5.76. The number of ketones is 1. The van der Waals surface area contributed by atoms with E-state index >= 15 is 0 Å². The van der Waals surface area contributed by atoms with Gasteiger partial charge in [-0.2, -0.15) is 0 Å². The van der Waals surface area contributed by atoms with Gasteiger partial charge >= 0.3 is 0 Å². The molecule has 1 aromatic rings. The third-order valence-corrected chi connectivity index (χ3v) is 4.77. The van der Waals surface area contributed by atoms with Crippen LogP contribution >= 0.6 is 11.6 Å². The molecule has 1 saturated carbocycles. The highest BCUT2D eigenvalue weighted by Gasteiger charge is 2.40. The van der Waals surface area contributed by atoms with Crippen molar-refractivity contribution >= 4 is 23.3 Å². The average Bonchev–Trinajstić information content (AvgIpc) is 3.08. The summed E-state index contributed by atoms with van der Waals surface area (Å²) in [6, 6.07) is 3.92. The second-order valence-corrected chi connectivity index (χ2v) is 6.23. The lowest BCUT2D eigenvalue weighted by molar-refractivity contribution is -0.121. The van der Waals surface area contributed by atoms with Crippen LogP contribution in [0.1, 0.15) is 42.5 Å². The van der Waals surface area contributed by atoms with E-state index in [1.807, 2.05) is 0 Å². The van der Waals surface area contributed by atoms with Crippen molar-refractivity contribution in [3.8, 4) is 0 Å². The van der Waals surface area contributed by atoms with Gasteiger partial charge in [0, 0.05) is 29.9 Å². The number of likely N-dealkylation sites (tertiary alicyclic amines) is 1. The van der Waals surface area contributed by atoms with E-state index < -0.39 is 5.82 Å². The Kier molecular flexibility index (Phi) is 3.98. The Bertz CT molecular complexity index is 590. The zero-order chi connectivity index (χ0) is 15.0. The van der Waals surface area contributed by atoms with Crippen LogP contribution in [0.4, 0.5) is 4.39 Å². The highest BCUT2D eigenvalue weighted by Crippen LogP contribution is 2.34. The summed E-state index contributed by atoms with van der Waals surface area (Å²) in [7, 11) is 0. The first-order valence-electron chi connectivity index (χ1n) is 7.36. The van der Waals surface area contributed by atoms with Crippen LogP contribution in [-0.2, 0) is 4.79 Å². The number of Topliss-reactive ketones (excluding diaryl/α,β-unsaturated/α-hetero) is 1. The second-order valence-electron chi connectivity index (χ2n) is 5.80. The van der Waals surface area contributed by atoms with Crippen LogP contribution in [-0.4, -0.2) is 29.2 Å². The molecule has 1 aliphatic heterocycles. The number of hydrogen-bond acceptors (Lipinski definition) is 2. The van der Waals surface area contributed by atoms with E-state index in [1.54, 1.807) is 4.90 Å². The molecule has 3 rings (SSSR count). The highest BCUT2D eigenvalue weighted by atomic mass is 35.5. The summed E-state index contributed by atoms with van der Waals surface area (Å²) in [6.07, 6.45) is 4.03. The van der Waals surface area contributed by atoms with Gasteiger partial charge in [0.05, 0.1) is 5.56 Å². The van der Waals surface area contributed by atoms with Crippen LogP contribution in [0.2, 0.25) is 5.02 Å². The molecule has 5 heteroatoms. The maximum absolute atomic E-state index is 13.9. The van der Waals surface area contributed by atoms with Crippen molar-refractivity contribution in [2.24, 2.45) is 5.92 Å². The highest BCUT2D eigenvalue weighted by molar-refractivity contribution is 6.31. The molecule has 1 heterocycles. The quantitative estimate of drug-likeness (QED) is 0.839. The number of carbonyl (C=O) groups is 2. The van der Waals surface area contributed by atoms with Crippen molar-refractivity contribution in [3.63, 3.8) is 0 Å². The largest absolute Gasteiger partial charge is 0.335 e. The molecule has 1 saturated heterocycles. The van der Waals surface area contributed by atoms with Crippen molar-refractivity contribution in [3.05, 3.63) is 34.6 Å². The molecule has 2 fully saturated rings. The molecule has 1 amide bonds. The summed E-state index contributed by atoms with van der Waals surface area (Å²) < 4.78 is 13.9. The fourth-order valence-electron chi connectivity index (χ4n) is 3.53. The summed E-state index contributed by atoms with van der Waals surface area (Å²) >= 11 is 5.86. The van der Waals surface area contributed by atoms with Gasteiger partial charge in [-0.05, 0) is 43.9 Å². The van der Waals surface area contributed by atoms with E-state index in [0.29, 0.717) is 18.0 Å². The first-order valence-corrected chi connectivity index (χ1v) is 7.74. The number of carbonyl (C=O) groups excluding carboxylic acids is 2. The molecule has 1 aromatic carbocycles. The Morgan fingerprint density at radius 3 is 2.81 bits per heavy atom. The lowest BCUT2D eigenvalue weighted by Gasteiger charge is -2.28. The minimum Gasteiger partial charge on any atom is -0.335 e. The summed E-state index contributed by atoms with van der Waals surface area (Å²) in [5, 5.41) is 0.340. The van der Waals surface area contributed by atoms with E-state index in [-0.39, 0.29) is 29.2 Å². The number of halogens is 2. The van der Waals surface area contributed by atoms with Gasteiger partial charge in [-0.15, -0.1) is 0 Å². The normalized spacial score (nSPS) is 25.6. The number of amides is 1. The fourth-order valence-corrected chi connectivity index (χ4v) is 3.70. The van der Waals surface area contributed by atoms with Crippen molar-refractivity contribution in [2.75, 3.05) is 6.54 Å². The summed E-state index contributed by atoms with van der Waals surface area (Å²) in [5.41, 5.74) is -0.000143. The Labute approximate surface area is 128 Å². The number of hydrogen-bond donors (Lipinski definition) is 0. The van der Waals surface area contributed by atoms with Crippen molar-refractivity contribution in [1.29, 1.82) is 0 Å². The van der Waals surface area contributed by atoms with E-state index in [9.17, 15) is 14.0 Å². The first-order chi connectivity index (χ1) is 10.1. The monoisotopic (exact) mass is 309 g/mol. The van der Waals surface area contributed by atoms with Gasteiger partial charge in [0.25, 0.3) is 5.91 Å². The van der Waals surface area contributed by atoms with Crippen LogP contribution in [0.25, 0.3) is 0 Å². The van der Waals surface area contributed by atoms with E-state index in [0.717, 1.165) is 25.7 Å². The summed E-state index contributed by atoms with van der Waals surface area (Å²) in [5.74, 6) is -0.741. The SMILES string of the molecule is O=C1CCCC1C1CCCN1C(=O)c1cc(Cl)ccc1F. The van der Waals surface area contributed by atoms with Crippen molar-refractivity contribution < 1.29 is 14.0 Å². The summed E-state index contributed by atoms with van der Waals surface area (Å²) in [6.45, 7) is 0.583. The molecule has 0 spiro atoms. The molecule has 1 aliphatic carbocycles. The lowest BCUT2D eigenvalue weighted by atomic mass is 9.94. The average molecular weight is 310 g/mol. The number of rotatable bonds is 2. The molecule has 2 atom stereocenters. The van der Waals surface area contributed by atoms with Gasteiger partial charge < -0.3 is 4.90 Å². The van der Waals surface area contributed by atoms with E-state index in [2.05, 4.69) is 0 Å². The van der Waals surface area contributed by atoms with Crippen LogP contribution < -0.4 is 0 Å². The molecule has 0 N–H and O–H groups in total. The summed E-state index contributed by atoms with van der Waals surface area (Å²) in [4.78, 5) is 26.2. The molecule has 3 nitrogen and oxygen atoms in total. The van der Waals surface area contributed by atoms with Crippen molar-refractivity contribution in [2.45, 2.75) is 38.1 Å². The van der Waals surface area contributed by atoms with Gasteiger partial charge in [0.2, 0.25) is 0 Å². The number of nitrogens with zero attached hydrogens (tertiary/aromatic N) is 1. The van der Waals surface area contributed by atoms with Crippen LogP contribution in [0.3, 0.4) is 0 Å². The van der Waals surface area contributed by atoms with E-state index in [4.69, 9.17) is 11.6 Å².